The number of thiophene rings is 4. The molecule has 72 heavy (non-hydrogen) atoms. The maximum Gasteiger partial charge on any atom is 0.363 e. The molecule has 0 aromatic carbocycles. The number of imidazole rings is 4. The van der Waals surface area contributed by atoms with Crippen LogP contribution in [-0.2, 0) is 0 Å². The van der Waals surface area contributed by atoms with Crippen molar-refractivity contribution in [3.63, 3.8) is 0 Å². The smallest absolute Gasteiger partial charge is 0.363 e. The van der Waals surface area contributed by atoms with Gasteiger partial charge in [0, 0.05) is 55.3 Å². The van der Waals surface area contributed by atoms with Crippen molar-refractivity contribution >= 4 is 241 Å². The first-order valence-electron chi connectivity index (χ1n) is 19.3. The van der Waals surface area contributed by atoms with Crippen LogP contribution in [0.5, 0.6) is 0 Å². The first-order chi connectivity index (χ1) is 34.9. The Morgan fingerprint density at radius 3 is 0.944 bits per heavy atom. The third kappa shape index (κ3) is 13.6. The third-order valence-electron chi connectivity index (χ3n) is 8.55. The van der Waals surface area contributed by atoms with Gasteiger partial charge in [-0.3, -0.25) is 0 Å². The Kier molecular flexibility index (Phi) is 17.3. The molecule has 368 valence electrons. The SMILES string of the molecule is O=c1[nH]c2c[se]cc2[nH]1.O=c1[nH]c2cscc2[nH]1.O=c1oc2c[se]cc2o1.O=c1oc2cscc2o1.S=c1[nH]c2c[se]cc2[nH]1.S=c1[nH]c2cscc2[nH]1.S=c1oc2c[se]cc2o1.S=c1oc2cscc2o1. The molecule has 0 aliphatic heterocycles. The van der Waals surface area contributed by atoms with Crippen LogP contribution in [0.4, 0.5) is 0 Å². The van der Waals surface area contributed by atoms with Crippen molar-refractivity contribution in [3.05, 3.63) is 144 Å². The van der Waals surface area contributed by atoms with E-state index in [1.807, 2.05) is 61.9 Å². The van der Waals surface area contributed by atoms with Crippen LogP contribution in [0.1, 0.15) is 0 Å². The molecule has 20 nitrogen and oxygen atoms in total. The van der Waals surface area contributed by atoms with Crippen LogP contribution in [-0.4, -0.2) is 97.9 Å². The van der Waals surface area contributed by atoms with E-state index in [1.165, 1.54) is 33.7 Å². The standard InChI is InChI=1S/C5H4N2OS.C5H4N2OSe.C5H4N2S2.C5H4N2SSe.C5H2O3S.C5H2O3Se.C5H2O2S2.C5H2O2SSe/c4*8-5-6-3-1-9-2-4(3)7-5;2*6-5-7-3-1-9-2-4(3)8-5;2*8-5-6-3-1-9-2-4(3)7-5/h4*1-2H,(H2,6,7,8);4*1-2H. The van der Waals surface area contributed by atoms with Gasteiger partial charge in [-0.15, -0.1) is 45.3 Å². The predicted molar refractivity (Wildman–Crippen MR) is 292 cm³/mol. The molecule has 0 saturated heterocycles. The fraction of sp³-hybridized carbons (Fsp3) is 0. The van der Waals surface area contributed by atoms with Gasteiger partial charge in [-0.05, 0) is 12.2 Å². The first kappa shape index (κ1) is 51.5. The van der Waals surface area contributed by atoms with Crippen molar-refractivity contribution in [1.29, 1.82) is 0 Å². The Labute approximate surface area is 455 Å². The predicted octanol–water partition coefficient (Wildman–Crippen LogP) is 10.9. The third-order valence-corrected chi connectivity index (χ3v) is 18.2. The zero-order chi connectivity index (χ0) is 50.1. The second-order valence-corrected chi connectivity index (χ2v) is 24.0. The van der Waals surface area contributed by atoms with Crippen LogP contribution in [0.2, 0.25) is 0 Å². The van der Waals surface area contributed by atoms with Crippen LogP contribution in [0.3, 0.4) is 0 Å². The summed E-state index contributed by atoms with van der Waals surface area (Å²) in [5, 5.41) is 15.0. The molecule has 0 radical (unpaired) electrons. The molecule has 32 heteroatoms. The minimum Gasteiger partial charge on any atom is -0.412 e. The molecule has 0 unspecified atom stereocenters. The molecule has 0 saturated carbocycles. The molecule has 0 aliphatic carbocycles. The van der Waals surface area contributed by atoms with Gasteiger partial charge < -0.3 is 37.6 Å². The summed E-state index contributed by atoms with van der Waals surface area (Å²) in [6.07, 6.45) is 0. The Morgan fingerprint density at radius 1 is 0.306 bits per heavy atom. The molecule has 0 bridgehead atoms. The van der Waals surface area contributed by atoms with Crippen LogP contribution < -0.4 is 23.0 Å². The normalized spacial score (nSPS) is 10.7. The number of aromatic nitrogens is 8. The molecule has 0 spiro atoms. The van der Waals surface area contributed by atoms with E-state index in [0.29, 0.717) is 85.1 Å². The van der Waals surface area contributed by atoms with Crippen LogP contribution in [0.25, 0.3) is 88.8 Å². The van der Waals surface area contributed by atoms with Crippen LogP contribution in [0.15, 0.2) is 137 Å². The van der Waals surface area contributed by atoms with Gasteiger partial charge >= 0.3 is 251 Å². The summed E-state index contributed by atoms with van der Waals surface area (Å²) in [4.78, 5) is 81.1. The van der Waals surface area contributed by atoms with E-state index >= 15 is 0 Å². The number of rotatable bonds is 0. The van der Waals surface area contributed by atoms with E-state index in [9.17, 15) is 19.2 Å². The summed E-state index contributed by atoms with van der Waals surface area (Å²) in [7, 11) is 0. The first-order valence-corrected chi connectivity index (χ1v) is 32.6. The van der Waals surface area contributed by atoms with Gasteiger partial charge in [0.2, 0.25) is 0 Å². The number of aromatic amines is 8. The number of fused-ring (bicyclic) bond motifs is 8. The van der Waals surface area contributed by atoms with E-state index in [4.69, 9.17) is 42.1 Å². The van der Waals surface area contributed by atoms with Gasteiger partial charge in [-0.2, -0.15) is 0 Å². The summed E-state index contributed by atoms with van der Waals surface area (Å²) in [6, 6.07) is 0. The minimum atomic E-state index is -0.632. The average Bonchev–Trinajstić information content (AvgIpc) is 4.08. The summed E-state index contributed by atoms with van der Waals surface area (Å²) < 4.78 is 39.8. The minimum absolute atomic E-state index is 0.108. The number of H-pyrrole nitrogens is 8. The van der Waals surface area contributed by atoms with Gasteiger partial charge in [-0.1, -0.05) is 0 Å². The summed E-state index contributed by atoms with van der Waals surface area (Å²) in [5.41, 5.74) is 13.4. The largest absolute Gasteiger partial charge is 0.412 e. The summed E-state index contributed by atoms with van der Waals surface area (Å²) in [5.74, 6) is -1.24. The zero-order valence-corrected chi connectivity index (χ0v) is 48.4. The van der Waals surface area contributed by atoms with E-state index in [-0.39, 0.29) is 21.2 Å². The number of nitrogens with one attached hydrogen (secondary N) is 8. The summed E-state index contributed by atoms with van der Waals surface area (Å²) in [6.45, 7) is 0. The van der Waals surface area contributed by atoms with Gasteiger partial charge in [0.05, 0.1) is 22.1 Å². The van der Waals surface area contributed by atoms with Gasteiger partial charge in [0.25, 0.3) is 0 Å². The average molecular weight is 1380 g/mol. The molecular weight excluding hydrogens is 1360 g/mol. The van der Waals surface area contributed by atoms with Gasteiger partial charge in [0.15, 0.2) is 27.1 Å². The van der Waals surface area contributed by atoms with Gasteiger partial charge in [0.1, 0.15) is 0 Å². The van der Waals surface area contributed by atoms with E-state index in [1.54, 1.807) is 33.4 Å². The fourth-order valence-electron chi connectivity index (χ4n) is 5.56. The quantitative estimate of drug-likeness (QED) is 0.0517. The molecule has 0 amide bonds. The Bertz CT molecular complexity index is 3610. The fourth-order valence-corrected chi connectivity index (χ4v) is 14.8. The van der Waals surface area contributed by atoms with E-state index < -0.39 is 11.6 Å². The Balaban J connectivity index is 0.000000102. The second kappa shape index (κ2) is 24.1. The van der Waals surface area contributed by atoms with Crippen molar-refractivity contribution < 1.29 is 35.3 Å². The molecule has 16 aromatic heterocycles. The molecule has 8 N–H and O–H groups in total. The monoisotopic (exact) mass is 1380 g/mol. The molecule has 0 atom stereocenters. The van der Waals surface area contributed by atoms with Crippen molar-refractivity contribution in [2.75, 3.05) is 0 Å². The van der Waals surface area contributed by atoms with Crippen molar-refractivity contribution in [2.45, 2.75) is 0 Å². The van der Waals surface area contributed by atoms with Crippen LogP contribution >= 0.6 is 94.2 Å². The van der Waals surface area contributed by atoms with Crippen molar-refractivity contribution in [2.24, 2.45) is 0 Å². The maximum absolute atomic E-state index is 10.6. The maximum atomic E-state index is 10.6. The number of hydrogen-bond acceptors (Lipinski definition) is 20. The van der Waals surface area contributed by atoms with Crippen molar-refractivity contribution in [3.8, 4) is 0 Å². The Morgan fingerprint density at radius 2 is 0.556 bits per heavy atom. The molecule has 16 heterocycles. The second-order valence-electron chi connectivity index (χ2n) is 13.3. The molecule has 16 rings (SSSR count). The molecular formula is C40H24N8O12S8Se4. The summed E-state index contributed by atoms with van der Waals surface area (Å²) >= 11 is 27.0. The van der Waals surface area contributed by atoms with E-state index in [2.05, 4.69) is 91.9 Å². The number of hydrogen-bond donors (Lipinski definition) is 8. The zero-order valence-electron chi connectivity index (χ0n) is 35.0. The molecule has 0 aliphatic rings. The Hall–Kier alpha value is -5.36. The molecule has 0 fully saturated rings. The van der Waals surface area contributed by atoms with Crippen molar-refractivity contribution in [1.82, 2.24) is 39.9 Å². The van der Waals surface area contributed by atoms with Gasteiger partial charge in [-0.25, -0.2) is 9.59 Å². The van der Waals surface area contributed by atoms with E-state index in [0.717, 1.165) is 60.2 Å². The molecule has 16 aromatic rings. The topological polar surface area (TPSA) is 300 Å². The van der Waals surface area contributed by atoms with Crippen LogP contribution in [0, 0.1) is 19.3 Å².